The minimum absolute atomic E-state index is 0.542. The fourth-order valence-electron chi connectivity index (χ4n) is 1.75. The number of nitrogens with one attached hydrogen (secondary N) is 1. The molecule has 1 aromatic carbocycles. The minimum atomic E-state index is 0.542. The standard InChI is InChI=1S/C14H14BrClN2O2/c1-19-13-5-3-4-10(18-13)8-17-12-7-9(16)6-11(15)14(12)20-2/h3-7,17H,8H2,1-2H3. The van der Waals surface area contributed by atoms with Crippen LogP contribution in [0.3, 0.4) is 0 Å². The number of aromatic nitrogens is 1. The number of rotatable bonds is 5. The normalized spacial score (nSPS) is 10.2. The average molecular weight is 358 g/mol. The van der Waals surface area contributed by atoms with Gasteiger partial charge >= 0.3 is 0 Å². The smallest absolute Gasteiger partial charge is 0.213 e. The first-order chi connectivity index (χ1) is 9.63. The number of anilines is 1. The third-order valence-corrected chi connectivity index (χ3v) is 3.47. The summed E-state index contributed by atoms with van der Waals surface area (Å²) in [6.45, 7) is 0.542. The summed E-state index contributed by atoms with van der Waals surface area (Å²) in [4.78, 5) is 4.34. The van der Waals surface area contributed by atoms with Gasteiger partial charge in [0.05, 0.1) is 36.6 Å². The molecule has 2 aromatic rings. The zero-order valence-electron chi connectivity index (χ0n) is 11.1. The molecule has 1 N–H and O–H groups in total. The van der Waals surface area contributed by atoms with E-state index in [-0.39, 0.29) is 0 Å². The summed E-state index contributed by atoms with van der Waals surface area (Å²) < 4.78 is 11.2. The summed E-state index contributed by atoms with van der Waals surface area (Å²) in [5, 5.41) is 3.88. The van der Waals surface area contributed by atoms with Crippen molar-refractivity contribution >= 4 is 33.2 Å². The molecule has 2 rings (SSSR count). The van der Waals surface area contributed by atoms with Gasteiger partial charge in [0.15, 0.2) is 5.75 Å². The Kier molecular flexibility index (Phi) is 5.09. The molecule has 0 aliphatic rings. The van der Waals surface area contributed by atoms with E-state index in [1.807, 2.05) is 18.2 Å². The highest BCUT2D eigenvalue weighted by Crippen LogP contribution is 2.36. The van der Waals surface area contributed by atoms with Crippen LogP contribution in [0.4, 0.5) is 5.69 Å². The van der Waals surface area contributed by atoms with E-state index in [0.717, 1.165) is 15.9 Å². The van der Waals surface area contributed by atoms with Crippen molar-refractivity contribution < 1.29 is 9.47 Å². The van der Waals surface area contributed by atoms with Crippen LogP contribution in [0.5, 0.6) is 11.6 Å². The maximum atomic E-state index is 6.05. The Balaban J connectivity index is 2.18. The van der Waals surface area contributed by atoms with Crippen molar-refractivity contribution in [1.82, 2.24) is 4.98 Å². The Morgan fingerprint density at radius 2 is 2.05 bits per heavy atom. The van der Waals surface area contributed by atoms with Crippen molar-refractivity contribution in [2.45, 2.75) is 6.54 Å². The van der Waals surface area contributed by atoms with Crippen molar-refractivity contribution in [2.75, 3.05) is 19.5 Å². The molecule has 106 valence electrons. The second-order valence-electron chi connectivity index (χ2n) is 3.99. The van der Waals surface area contributed by atoms with E-state index in [4.69, 9.17) is 21.1 Å². The Morgan fingerprint density at radius 1 is 1.25 bits per heavy atom. The third kappa shape index (κ3) is 3.55. The molecule has 20 heavy (non-hydrogen) atoms. The lowest BCUT2D eigenvalue weighted by atomic mass is 10.2. The molecule has 0 bridgehead atoms. The molecular formula is C14H14BrClN2O2. The van der Waals surface area contributed by atoms with Crippen molar-refractivity contribution in [2.24, 2.45) is 0 Å². The van der Waals surface area contributed by atoms with E-state index in [1.54, 1.807) is 26.4 Å². The van der Waals surface area contributed by atoms with Crippen molar-refractivity contribution in [1.29, 1.82) is 0 Å². The highest BCUT2D eigenvalue weighted by molar-refractivity contribution is 9.10. The van der Waals surface area contributed by atoms with Gasteiger partial charge in [-0.1, -0.05) is 17.7 Å². The van der Waals surface area contributed by atoms with E-state index >= 15 is 0 Å². The summed E-state index contributed by atoms with van der Waals surface area (Å²) in [5.74, 6) is 1.29. The van der Waals surface area contributed by atoms with Gasteiger partial charge in [-0.15, -0.1) is 0 Å². The lowest BCUT2D eigenvalue weighted by Crippen LogP contribution is -2.04. The molecule has 0 atom stereocenters. The predicted octanol–water partition coefficient (Wildman–Crippen LogP) is 4.13. The topological polar surface area (TPSA) is 43.4 Å². The Hall–Kier alpha value is -1.46. The van der Waals surface area contributed by atoms with Crippen molar-refractivity contribution in [3.8, 4) is 11.6 Å². The Bertz CT molecular complexity index is 608. The first-order valence-electron chi connectivity index (χ1n) is 5.91. The number of hydrogen-bond acceptors (Lipinski definition) is 4. The Labute approximate surface area is 131 Å². The van der Waals surface area contributed by atoms with Crippen LogP contribution < -0.4 is 14.8 Å². The van der Waals surface area contributed by atoms with Gasteiger partial charge in [0.1, 0.15) is 0 Å². The lowest BCUT2D eigenvalue weighted by molar-refractivity contribution is 0.396. The number of halogens is 2. The lowest BCUT2D eigenvalue weighted by Gasteiger charge is -2.13. The van der Waals surface area contributed by atoms with Crippen LogP contribution in [-0.2, 0) is 6.54 Å². The van der Waals surface area contributed by atoms with Gasteiger partial charge in [0, 0.05) is 11.1 Å². The van der Waals surface area contributed by atoms with Crippen molar-refractivity contribution in [3.63, 3.8) is 0 Å². The zero-order valence-corrected chi connectivity index (χ0v) is 13.5. The molecule has 0 aliphatic heterocycles. The first kappa shape index (κ1) is 14.9. The van der Waals surface area contributed by atoms with Crippen LogP contribution in [0.1, 0.15) is 5.69 Å². The van der Waals surface area contributed by atoms with Crippen LogP contribution in [0.15, 0.2) is 34.8 Å². The number of benzene rings is 1. The van der Waals surface area contributed by atoms with Gasteiger partial charge in [-0.2, -0.15) is 0 Å². The molecule has 6 heteroatoms. The molecule has 0 spiro atoms. The highest BCUT2D eigenvalue weighted by Gasteiger charge is 2.09. The monoisotopic (exact) mass is 356 g/mol. The predicted molar refractivity (Wildman–Crippen MR) is 83.8 cm³/mol. The van der Waals surface area contributed by atoms with Gasteiger partial charge in [-0.05, 0) is 34.1 Å². The molecular weight excluding hydrogens is 344 g/mol. The van der Waals surface area contributed by atoms with Crippen LogP contribution in [-0.4, -0.2) is 19.2 Å². The molecule has 0 unspecified atom stereocenters. The maximum Gasteiger partial charge on any atom is 0.213 e. The molecule has 0 radical (unpaired) electrons. The summed E-state index contributed by atoms with van der Waals surface area (Å²) >= 11 is 9.47. The molecule has 0 saturated carbocycles. The zero-order chi connectivity index (χ0) is 14.5. The molecule has 0 saturated heterocycles. The SMILES string of the molecule is COc1cccc(CNc2cc(Cl)cc(Br)c2OC)n1. The molecule has 1 heterocycles. The summed E-state index contributed by atoms with van der Waals surface area (Å²) in [7, 11) is 3.21. The van der Waals surface area contributed by atoms with Gasteiger partial charge < -0.3 is 14.8 Å². The molecule has 4 nitrogen and oxygen atoms in total. The van der Waals surface area contributed by atoms with Crippen molar-refractivity contribution in [3.05, 3.63) is 45.5 Å². The first-order valence-corrected chi connectivity index (χ1v) is 7.08. The molecule has 0 fully saturated rings. The maximum absolute atomic E-state index is 6.05. The van der Waals surface area contributed by atoms with E-state index < -0.39 is 0 Å². The molecule has 1 aromatic heterocycles. The third-order valence-electron chi connectivity index (χ3n) is 2.66. The average Bonchev–Trinajstić information content (AvgIpc) is 2.45. The number of methoxy groups -OCH3 is 2. The van der Waals surface area contributed by atoms with Gasteiger partial charge in [-0.3, -0.25) is 0 Å². The van der Waals surface area contributed by atoms with Gasteiger partial charge in [0.2, 0.25) is 5.88 Å². The van der Waals surface area contributed by atoms with Gasteiger partial charge in [-0.25, -0.2) is 4.98 Å². The number of nitrogens with zero attached hydrogens (tertiary/aromatic N) is 1. The van der Waals surface area contributed by atoms with Gasteiger partial charge in [0.25, 0.3) is 0 Å². The summed E-state index contributed by atoms with van der Waals surface area (Å²) in [5.41, 5.74) is 1.67. The number of pyridine rings is 1. The van der Waals surface area contributed by atoms with Crippen LogP contribution in [0, 0.1) is 0 Å². The Morgan fingerprint density at radius 3 is 2.75 bits per heavy atom. The van der Waals surface area contributed by atoms with E-state index in [2.05, 4.69) is 26.2 Å². The quantitative estimate of drug-likeness (QED) is 0.874. The second kappa shape index (κ2) is 6.81. The van der Waals surface area contributed by atoms with Crippen LogP contribution in [0.2, 0.25) is 5.02 Å². The fraction of sp³-hybridized carbons (Fsp3) is 0.214. The van der Waals surface area contributed by atoms with Crippen LogP contribution >= 0.6 is 27.5 Å². The highest BCUT2D eigenvalue weighted by atomic mass is 79.9. The summed E-state index contributed by atoms with van der Waals surface area (Å²) in [6, 6.07) is 9.22. The number of ether oxygens (including phenoxy) is 2. The molecule has 0 aliphatic carbocycles. The van der Waals surface area contributed by atoms with E-state index in [0.29, 0.717) is 23.2 Å². The number of hydrogen-bond donors (Lipinski definition) is 1. The largest absolute Gasteiger partial charge is 0.493 e. The fourth-order valence-corrected chi connectivity index (χ4v) is 2.73. The second-order valence-corrected chi connectivity index (χ2v) is 5.28. The van der Waals surface area contributed by atoms with E-state index in [1.165, 1.54) is 0 Å². The van der Waals surface area contributed by atoms with Crippen LogP contribution in [0.25, 0.3) is 0 Å². The summed E-state index contributed by atoms with van der Waals surface area (Å²) in [6.07, 6.45) is 0. The minimum Gasteiger partial charge on any atom is -0.493 e. The molecule has 0 amide bonds. The van der Waals surface area contributed by atoms with E-state index in [9.17, 15) is 0 Å².